The van der Waals surface area contributed by atoms with Crippen LogP contribution in [0.25, 0.3) is 0 Å². The van der Waals surface area contributed by atoms with Gasteiger partial charge in [0.15, 0.2) is 6.10 Å². The largest absolute Gasteiger partial charge is 0.462 e. The summed E-state index contributed by atoms with van der Waals surface area (Å²) in [5.41, 5.74) is 0. The first-order valence-electron chi connectivity index (χ1n) is 30.4. The lowest BCUT2D eigenvalue weighted by Crippen LogP contribution is -2.30. The number of hydrogen-bond acceptors (Lipinski definition) is 6. The Hall–Kier alpha value is -3.93. The maximum absolute atomic E-state index is 12.9. The van der Waals surface area contributed by atoms with E-state index in [-0.39, 0.29) is 31.1 Å². The van der Waals surface area contributed by atoms with Crippen molar-refractivity contribution in [3.8, 4) is 0 Å². The van der Waals surface area contributed by atoms with E-state index in [4.69, 9.17) is 14.2 Å². The fraction of sp³-hybridized carbons (Fsp3) is 0.687. The molecule has 73 heavy (non-hydrogen) atoms. The highest BCUT2D eigenvalue weighted by molar-refractivity contribution is 5.71. The second-order valence-corrected chi connectivity index (χ2v) is 19.9. The average molecular weight is 1010 g/mol. The third kappa shape index (κ3) is 58.8. The van der Waals surface area contributed by atoms with Gasteiger partial charge in [0.2, 0.25) is 0 Å². The van der Waals surface area contributed by atoms with Crippen molar-refractivity contribution in [2.75, 3.05) is 13.2 Å². The van der Waals surface area contributed by atoms with Gasteiger partial charge in [-0.2, -0.15) is 0 Å². The fourth-order valence-corrected chi connectivity index (χ4v) is 8.18. The zero-order chi connectivity index (χ0) is 52.9. The summed E-state index contributed by atoms with van der Waals surface area (Å²) in [6, 6.07) is 0. The quantitative estimate of drug-likeness (QED) is 0.0261. The number of unbranched alkanes of at least 4 members (excludes halogenated alkanes) is 25. The van der Waals surface area contributed by atoms with Gasteiger partial charge in [0.25, 0.3) is 0 Å². The van der Waals surface area contributed by atoms with Crippen molar-refractivity contribution in [2.45, 2.75) is 284 Å². The fourth-order valence-electron chi connectivity index (χ4n) is 8.18. The van der Waals surface area contributed by atoms with E-state index >= 15 is 0 Å². The molecule has 0 saturated heterocycles. The molecular formula is C67H112O6. The van der Waals surface area contributed by atoms with Crippen LogP contribution in [0, 0.1) is 0 Å². The van der Waals surface area contributed by atoms with E-state index in [2.05, 4.69) is 130 Å². The first kappa shape index (κ1) is 69.1. The second kappa shape index (κ2) is 60.6. The van der Waals surface area contributed by atoms with Crippen LogP contribution in [0.2, 0.25) is 0 Å². The topological polar surface area (TPSA) is 78.9 Å². The van der Waals surface area contributed by atoms with Crippen LogP contribution in [0.15, 0.2) is 109 Å². The summed E-state index contributed by atoms with van der Waals surface area (Å²) in [7, 11) is 0. The highest BCUT2D eigenvalue weighted by Crippen LogP contribution is 2.15. The summed E-state index contributed by atoms with van der Waals surface area (Å²) >= 11 is 0. The van der Waals surface area contributed by atoms with Crippen LogP contribution in [-0.2, 0) is 28.6 Å². The van der Waals surface area contributed by atoms with E-state index < -0.39 is 6.10 Å². The smallest absolute Gasteiger partial charge is 0.306 e. The molecule has 0 aromatic carbocycles. The Kier molecular flexibility index (Phi) is 57.4. The van der Waals surface area contributed by atoms with E-state index in [9.17, 15) is 14.4 Å². The van der Waals surface area contributed by atoms with Crippen molar-refractivity contribution in [3.05, 3.63) is 109 Å². The lowest BCUT2D eigenvalue weighted by atomic mass is 10.1. The minimum Gasteiger partial charge on any atom is -0.462 e. The summed E-state index contributed by atoms with van der Waals surface area (Å²) < 4.78 is 16.8. The van der Waals surface area contributed by atoms with E-state index in [1.54, 1.807) is 0 Å². The molecule has 0 spiro atoms. The molecule has 0 aliphatic carbocycles. The number of rotatable bonds is 54. The summed E-state index contributed by atoms with van der Waals surface area (Å²) in [6.07, 6.45) is 82.3. The second-order valence-electron chi connectivity index (χ2n) is 19.9. The van der Waals surface area contributed by atoms with Gasteiger partial charge in [-0.25, -0.2) is 0 Å². The minimum absolute atomic E-state index is 0.0889. The number of ether oxygens (including phenoxy) is 3. The molecule has 0 N–H and O–H groups in total. The van der Waals surface area contributed by atoms with E-state index in [0.29, 0.717) is 19.3 Å². The van der Waals surface area contributed by atoms with Gasteiger partial charge in [-0.3, -0.25) is 14.4 Å². The first-order valence-corrected chi connectivity index (χ1v) is 30.4. The molecule has 6 heteroatoms. The van der Waals surface area contributed by atoms with E-state index in [1.807, 2.05) is 0 Å². The van der Waals surface area contributed by atoms with E-state index in [0.717, 1.165) is 135 Å². The van der Waals surface area contributed by atoms with Crippen molar-refractivity contribution in [1.29, 1.82) is 0 Å². The molecule has 0 aromatic rings. The van der Waals surface area contributed by atoms with Gasteiger partial charge in [0.1, 0.15) is 13.2 Å². The minimum atomic E-state index is -0.791. The third-order valence-electron chi connectivity index (χ3n) is 12.7. The standard InChI is InChI=1S/C67H112O6/c1-4-7-10-13-16-19-22-24-26-28-30-31-32-33-34-35-36-37-38-40-41-43-45-48-51-54-57-60-66(69)72-63-64(62-71-65(68)59-56-53-50-47-21-18-15-12-9-6-3)73-67(70)61-58-55-52-49-46-44-42-39-29-27-25-23-20-17-14-11-8-5-2/h7,10,12,15-16,19-20,23-24,26-27,29-31,33-34,36-37,64H,4-6,8-9,11,13-14,17-18,21-22,25,28,32,35,38-63H2,1-3H3/b10-7-,15-12-,19-16-,23-20-,26-24-,29-27-,31-30-,34-33-,37-36-. The highest BCUT2D eigenvalue weighted by atomic mass is 16.6. The summed E-state index contributed by atoms with van der Waals surface area (Å²) in [5.74, 6) is -0.913. The molecule has 6 nitrogen and oxygen atoms in total. The van der Waals surface area contributed by atoms with Crippen molar-refractivity contribution in [2.24, 2.45) is 0 Å². The van der Waals surface area contributed by atoms with Gasteiger partial charge in [0, 0.05) is 19.3 Å². The molecule has 0 aliphatic heterocycles. The molecule has 0 rings (SSSR count). The normalized spacial score (nSPS) is 12.9. The maximum Gasteiger partial charge on any atom is 0.306 e. The number of allylic oxidation sites excluding steroid dienone is 18. The van der Waals surface area contributed by atoms with Crippen LogP contribution in [0.3, 0.4) is 0 Å². The Morgan fingerprint density at radius 1 is 0.288 bits per heavy atom. The number of esters is 3. The molecule has 0 saturated carbocycles. The van der Waals surface area contributed by atoms with Gasteiger partial charge in [-0.15, -0.1) is 0 Å². The van der Waals surface area contributed by atoms with Crippen molar-refractivity contribution < 1.29 is 28.6 Å². The Bertz CT molecular complexity index is 1490. The molecule has 0 radical (unpaired) electrons. The molecule has 1 unspecified atom stereocenters. The van der Waals surface area contributed by atoms with Gasteiger partial charge in [-0.1, -0.05) is 246 Å². The predicted molar refractivity (Wildman–Crippen MR) is 316 cm³/mol. The maximum atomic E-state index is 12.9. The Balaban J connectivity index is 4.30. The molecule has 0 heterocycles. The highest BCUT2D eigenvalue weighted by Gasteiger charge is 2.19. The summed E-state index contributed by atoms with van der Waals surface area (Å²) in [5, 5.41) is 0. The summed E-state index contributed by atoms with van der Waals surface area (Å²) in [6.45, 7) is 6.43. The lowest BCUT2D eigenvalue weighted by molar-refractivity contribution is -0.167. The van der Waals surface area contributed by atoms with Gasteiger partial charge < -0.3 is 14.2 Å². The van der Waals surface area contributed by atoms with Crippen LogP contribution in [0.5, 0.6) is 0 Å². The van der Waals surface area contributed by atoms with Crippen molar-refractivity contribution >= 4 is 17.9 Å². The van der Waals surface area contributed by atoms with Crippen LogP contribution in [0.1, 0.15) is 278 Å². The van der Waals surface area contributed by atoms with Crippen LogP contribution >= 0.6 is 0 Å². The molecule has 416 valence electrons. The Morgan fingerprint density at radius 2 is 0.562 bits per heavy atom. The SMILES string of the molecule is CC/C=C\C/C=C\C/C=C\C/C=C\C/C=C\C/C=C\CCCCCCCCCCC(=O)OCC(COC(=O)CCCCCCC/C=C\CCC)OC(=O)CCCCCCCCC/C=C\C/C=C\CCCCCC. The molecular weight excluding hydrogens is 901 g/mol. The van der Waals surface area contributed by atoms with Crippen LogP contribution in [-0.4, -0.2) is 37.2 Å². The average Bonchev–Trinajstić information content (AvgIpc) is 3.39. The Morgan fingerprint density at radius 3 is 0.904 bits per heavy atom. The lowest BCUT2D eigenvalue weighted by Gasteiger charge is -2.18. The zero-order valence-corrected chi connectivity index (χ0v) is 47.6. The van der Waals surface area contributed by atoms with Gasteiger partial charge >= 0.3 is 17.9 Å². The van der Waals surface area contributed by atoms with Gasteiger partial charge in [0.05, 0.1) is 0 Å². The molecule has 0 fully saturated rings. The molecule has 0 amide bonds. The van der Waals surface area contributed by atoms with Crippen LogP contribution in [0.4, 0.5) is 0 Å². The molecule has 0 aliphatic rings. The monoisotopic (exact) mass is 1010 g/mol. The Labute approximate surface area is 450 Å². The first-order chi connectivity index (χ1) is 36.0. The molecule has 0 aromatic heterocycles. The van der Waals surface area contributed by atoms with Crippen molar-refractivity contribution in [1.82, 2.24) is 0 Å². The molecule has 0 bridgehead atoms. The number of hydrogen-bond donors (Lipinski definition) is 0. The summed E-state index contributed by atoms with van der Waals surface area (Å²) in [4.78, 5) is 38.1. The number of carbonyl (C=O) groups excluding carboxylic acids is 3. The van der Waals surface area contributed by atoms with Gasteiger partial charge in [-0.05, 0) is 122 Å². The van der Waals surface area contributed by atoms with E-state index in [1.165, 1.54) is 103 Å². The predicted octanol–water partition coefficient (Wildman–Crippen LogP) is 20.7. The van der Waals surface area contributed by atoms with Crippen LogP contribution < -0.4 is 0 Å². The third-order valence-corrected chi connectivity index (χ3v) is 12.7. The van der Waals surface area contributed by atoms with Crippen molar-refractivity contribution in [3.63, 3.8) is 0 Å². The molecule has 1 atom stereocenters. The number of carbonyl (C=O) groups is 3. The zero-order valence-electron chi connectivity index (χ0n) is 47.6.